The molecule has 7 nitrogen and oxygen atoms in total. The van der Waals surface area contributed by atoms with Gasteiger partial charge in [-0.25, -0.2) is 4.68 Å². The van der Waals surface area contributed by atoms with Crippen LogP contribution in [0, 0.1) is 20.8 Å². The molecule has 4 rings (SSSR count). The zero-order valence-corrected chi connectivity index (χ0v) is 18.1. The van der Waals surface area contributed by atoms with Crippen molar-refractivity contribution in [1.82, 2.24) is 25.2 Å². The summed E-state index contributed by atoms with van der Waals surface area (Å²) in [5.41, 5.74) is 5.37. The van der Waals surface area contributed by atoms with Crippen LogP contribution in [0.3, 0.4) is 0 Å². The maximum absolute atomic E-state index is 12.9. The van der Waals surface area contributed by atoms with E-state index >= 15 is 0 Å². The number of carbonyl (C=O) groups is 2. The van der Waals surface area contributed by atoms with Crippen molar-refractivity contribution < 1.29 is 9.59 Å². The number of aromatic nitrogens is 3. The average molecular weight is 418 g/mol. The number of nitrogens with one attached hydrogen (secondary N) is 1. The van der Waals surface area contributed by atoms with Crippen molar-refractivity contribution in [3.63, 3.8) is 0 Å². The minimum absolute atomic E-state index is 0.0593. The van der Waals surface area contributed by atoms with Gasteiger partial charge in [0.05, 0.1) is 11.9 Å². The molecule has 3 aromatic rings. The summed E-state index contributed by atoms with van der Waals surface area (Å²) in [6.07, 6.45) is 3.11. The van der Waals surface area contributed by atoms with Crippen molar-refractivity contribution in [3.8, 4) is 5.69 Å². The third kappa shape index (κ3) is 4.66. The Bertz CT molecular complexity index is 1100. The number of amides is 2. The summed E-state index contributed by atoms with van der Waals surface area (Å²) in [4.78, 5) is 27.1. The minimum Gasteiger partial charge on any atom is -0.349 e. The lowest BCUT2D eigenvalue weighted by Gasteiger charge is -2.31. The lowest BCUT2D eigenvalue weighted by atomic mass is 10.0. The largest absolute Gasteiger partial charge is 0.349 e. The molecule has 7 heteroatoms. The summed E-state index contributed by atoms with van der Waals surface area (Å²) in [6, 6.07) is 13.6. The SMILES string of the molecule is Cc1ccc(C(=O)NC2CCN(C(=O)c3cn(-c4ccc(C)c(C)c4)nn3)CC2)cc1. The van der Waals surface area contributed by atoms with Gasteiger partial charge in [-0.1, -0.05) is 29.0 Å². The Morgan fingerprint density at radius 2 is 1.68 bits per heavy atom. The van der Waals surface area contributed by atoms with Crippen LogP contribution < -0.4 is 5.32 Å². The van der Waals surface area contributed by atoms with E-state index in [0.29, 0.717) is 37.2 Å². The van der Waals surface area contributed by atoms with Gasteiger partial charge in [-0.2, -0.15) is 0 Å². The van der Waals surface area contributed by atoms with Crippen LogP contribution in [0.25, 0.3) is 5.69 Å². The van der Waals surface area contributed by atoms with Gasteiger partial charge in [0.15, 0.2) is 5.69 Å². The Hall–Kier alpha value is -3.48. The zero-order chi connectivity index (χ0) is 22.0. The summed E-state index contributed by atoms with van der Waals surface area (Å²) >= 11 is 0. The van der Waals surface area contributed by atoms with Gasteiger partial charge in [0.1, 0.15) is 0 Å². The Morgan fingerprint density at radius 1 is 0.968 bits per heavy atom. The molecule has 2 aromatic carbocycles. The van der Waals surface area contributed by atoms with Gasteiger partial charge in [-0.3, -0.25) is 9.59 Å². The molecule has 0 saturated carbocycles. The fraction of sp³-hybridized carbons (Fsp3) is 0.333. The van der Waals surface area contributed by atoms with Gasteiger partial charge in [-0.15, -0.1) is 5.10 Å². The van der Waals surface area contributed by atoms with E-state index in [1.54, 1.807) is 15.8 Å². The highest BCUT2D eigenvalue weighted by atomic mass is 16.2. The third-order valence-electron chi connectivity index (χ3n) is 5.90. The van der Waals surface area contributed by atoms with Crippen LogP contribution in [0.5, 0.6) is 0 Å². The topological polar surface area (TPSA) is 80.1 Å². The molecule has 1 aliphatic heterocycles. The molecular weight excluding hydrogens is 390 g/mol. The van der Waals surface area contributed by atoms with Gasteiger partial charge < -0.3 is 10.2 Å². The Kier molecular flexibility index (Phi) is 5.84. The number of nitrogens with zero attached hydrogens (tertiary/aromatic N) is 4. The lowest BCUT2D eigenvalue weighted by Crippen LogP contribution is -2.46. The van der Waals surface area contributed by atoms with Crippen molar-refractivity contribution in [3.05, 3.63) is 76.6 Å². The number of carbonyl (C=O) groups excluding carboxylic acids is 2. The van der Waals surface area contributed by atoms with Gasteiger partial charge in [0.25, 0.3) is 11.8 Å². The number of likely N-dealkylation sites (tertiary alicyclic amines) is 1. The molecule has 0 spiro atoms. The number of benzene rings is 2. The highest BCUT2D eigenvalue weighted by Crippen LogP contribution is 2.16. The lowest BCUT2D eigenvalue weighted by molar-refractivity contribution is 0.0692. The molecule has 1 N–H and O–H groups in total. The standard InChI is InChI=1S/C24H27N5O2/c1-16-4-7-19(8-5-16)23(30)25-20-10-12-28(13-11-20)24(31)22-15-29(27-26-22)21-9-6-17(2)18(3)14-21/h4-9,14-15,20H,10-13H2,1-3H3,(H,25,30). The Morgan fingerprint density at radius 3 is 2.35 bits per heavy atom. The molecule has 1 aliphatic rings. The van der Waals surface area contributed by atoms with Crippen molar-refractivity contribution in [1.29, 1.82) is 0 Å². The predicted molar refractivity (Wildman–Crippen MR) is 118 cm³/mol. The first-order valence-corrected chi connectivity index (χ1v) is 10.6. The second-order valence-corrected chi connectivity index (χ2v) is 8.22. The van der Waals surface area contributed by atoms with E-state index in [1.165, 1.54) is 5.56 Å². The normalized spacial score (nSPS) is 14.5. The molecule has 0 atom stereocenters. The van der Waals surface area contributed by atoms with Crippen LogP contribution in [0.1, 0.15) is 50.4 Å². The highest BCUT2D eigenvalue weighted by Gasteiger charge is 2.26. The van der Waals surface area contributed by atoms with Crippen LogP contribution in [0.2, 0.25) is 0 Å². The maximum Gasteiger partial charge on any atom is 0.276 e. The van der Waals surface area contributed by atoms with E-state index in [1.807, 2.05) is 56.3 Å². The van der Waals surface area contributed by atoms with E-state index < -0.39 is 0 Å². The van der Waals surface area contributed by atoms with Crippen LogP contribution in [-0.2, 0) is 0 Å². The number of aryl methyl sites for hydroxylation is 3. The smallest absolute Gasteiger partial charge is 0.276 e. The average Bonchev–Trinajstić information content (AvgIpc) is 3.26. The monoisotopic (exact) mass is 417 g/mol. The van der Waals surface area contributed by atoms with Gasteiger partial charge >= 0.3 is 0 Å². The molecule has 2 amide bonds. The van der Waals surface area contributed by atoms with Crippen molar-refractivity contribution in [2.45, 2.75) is 39.7 Å². The first-order valence-electron chi connectivity index (χ1n) is 10.6. The molecule has 1 fully saturated rings. The van der Waals surface area contributed by atoms with Gasteiger partial charge in [0.2, 0.25) is 0 Å². The maximum atomic E-state index is 12.9. The summed E-state index contributed by atoms with van der Waals surface area (Å²) in [7, 11) is 0. The van der Waals surface area contributed by atoms with Crippen LogP contribution in [0.4, 0.5) is 0 Å². The number of hydrogen-bond acceptors (Lipinski definition) is 4. The summed E-state index contributed by atoms with van der Waals surface area (Å²) in [5, 5.41) is 11.3. The zero-order valence-electron chi connectivity index (χ0n) is 18.1. The van der Waals surface area contributed by atoms with Crippen LogP contribution >= 0.6 is 0 Å². The molecule has 1 aromatic heterocycles. The molecule has 160 valence electrons. The Balaban J connectivity index is 1.34. The van der Waals surface area contributed by atoms with E-state index in [2.05, 4.69) is 22.6 Å². The molecular formula is C24H27N5O2. The fourth-order valence-electron chi connectivity index (χ4n) is 3.72. The summed E-state index contributed by atoms with van der Waals surface area (Å²) in [6.45, 7) is 7.25. The predicted octanol–water partition coefficient (Wildman–Crippen LogP) is 3.23. The first kappa shape index (κ1) is 20.8. The van der Waals surface area contributed by atoms with E-state index in [0.717, 1.165) is 16.8 Å². The highest BCUT2D eigenvalue weighted by molar-refractivity contribution is 5.94. The molecule has 0 aliphatic carbocycles. The molecule has 31 heavy (non-hydrogen) atoms. The molecule has 0 radical (unpaired) electrons. The van der Waals surface area contributed by atoms with E-state index in [9.17, 15) is 9.59 Å². The molecule has 0 unspecified atom stereocenters. The van der Waals surface area contributed by atoms with E-state index in [4.69, 9.17) is 0 Å². The molecule has 1 saturated heterocycles. The second-order valence-electron chi connectivity index (χ2n) is 8.22. The number of piperidine rings is 1. The first-order chi connectivity index (χ1) is 14.9. The second kappa shape index (κ2) is 8.71. The van der Waals surface area contributed by atoms with Gasteiger partial charge in [0, 0.05) is 24.7 Å². The van der Waals surface area contributed by atoms with Crippen molar-refractivity contribution in [2.24, 2.45) is 0 Å². The fourth-order valence-corrected chi connectivity index (χ4v) is 3.72. The van der Waals surface area contributed by atoms with Gasteiger partial charge in [-0.05, 0) is 69.0 Å². The number of hydrogen-bond donors (Lipinski definition) is 1. The summed E-state index contributed by atoms with van der Waals surface area (Å²) in [5.74, 6) is -0.195. The number of rotatable bonds is 4. The molecule has 2 heterocycles. The van der Waals surface area contributed by atoms with Crippen LogP contribution in [0.15, 0.2) is 48.7 Å². The van der Waals surface area contributed by atoms with Crippen LogP contribution in [-0.4, -0.2) is 50.8 Å². The van der Waals surface area contributed by atoms with Crippen molar-refractivity contribution in [2.75, 3.05) is 13.1 Å². The third-order valence-corrected chi connectivity index (χ3v) is 5.90. The Labute approximate surface area is 182 Å². The molecule has 0 bridgehead atoms. The minimum atomic E-state index is -0.126. The summed E-state index contributed by atoms with van der Waals surface area (Å²) < 4.78 is 1.63. The van der Waals surface area contributed by atoms with E-state index in [-0.39, 0.29) is 17.9 Å². The quantitative estimate of drug-likeness (QED) is 0.707. The van der Waals surface area contributed by atoms with Crippen molar-refractivity contribution >= 4 is 11.8 Å².